The molecule has 2 aromatic rings. The van der Waals surface area contributed by atoms with E-state index >= 15 is 0 Å². The van der Waals surface area contributed by atoms with Crippen LogP contribution in [0.5, 0.6) is 0 Å². The van der Waals surface area contributed by atoms with Crippen LogP contribution in [0.15, 0.2) is 29.6 Å². The second-order valence-corrected chi connectivity index (χ2v) is 5.34. The fourth-order valence-electron chi connectivity index (χ4n) is 1.84. The van der Waals surface area contributed by atoms with Crippen LogP contribution in [-0.4, -0.2) is 25.2 Å². The fraction of sp³-hybridized carbons (Fsp3) is 0.333. The van der Waals surface area contributed by atoms with Crippen LogP contribution in [0, 0.1) is 0 Å². The van der Waals surface area contributed by atoms with E-state index in [4.69, 9.17) is 4.74 Å². The molecule has 1 N–H and O–H groups in total. The molecule has 0 unspecified atom stereocenters. The first-order valence-electron chi connectivity index (χ1n) is 6.57. The van der Waals surface area contributed by atoms with Gasteiger partial charge in [0.2, 0.25) is 0 Å². The predicted molar refractivity (Wildman–Crippen MR) is 82.9 cm³/mol. The van der Waals surface area contributed by atoms with Crippen LogP contribution in [-0.2, 0) is 27.3 Å². The summed E-state index contributed by atoms with van der Waals surface area (Å²) in [6, 6.07) is 7.99. The number of hydrogen-bond acceptors (Lipinski definition) is 6. The highest BCUT2D eigenvalue weighted by Gasteiger charge is 2.06. The van der Waals surface area contributed by atoms with E-state index in [2.05, 4.69) is 15.0 Å². The van der Waals surface area contributed by atoms with Gasteiger partial charge in [-0.15, -0.1) is 11.3 Å². The Labute approximate surface area is 127 Å². The molecule has 6 heteroatoms. The quantitative estimate of drug-likeness (QED) is 0.796. The standard InChI is InChI=1S/C15H18N2O3S/c1-19-9-11-4-3-5-12(8-11)16-15-17-13(10-21-15)6-7-14(18)20-2/h3-5,8,10H,6-7,9H2,1-2H3,(H,16,17). The van der Waals surface area contributed by atoms with E-state index in [0.717, 1.165) is 22.1 Å². The third-order valence-electron chi connectivity index (χ3n) is 2.85. The number of nitrogens with zero attached hydrogens (tertiary/aromatic N) is 1. The van der Waals surface area contributed by atoms with Crippen molar-refractivity contribution in [2.75, 3.05) is 19.5 Å². The number of aromatic nitrogens is 1. The summed E-state index contributed by atoms with van der Waals surface area (Å²) in [5, 5.41) is 6.02. The Hall–Kier alpha value is -1.92. The van der Waals surface area contributed by atoms with Crippen molar-refractivity contribution in [2.24, 2.45) is 0 Å². The maximum absolute atomic E-state index is 11.1. The van der Waals surface area contributed by atoms with Crippen LogP contribution in [0.2, 0.25) is 0 Å². The molecule has 0 saturated heterocycles. The van der Waals surface area contributed by atoms with E-state index in [9.17, 15) is 4.79 Å². The molecule has 5 nitrogen and oxygen atoms in total. The van der Waals surface area contributed by atoms with Gasteiger partial charge in [-0.2, -0.15) is 0 Å². The third-order valence-corrected chi connectivity index (χ3v) is 3.66. The van der Waals surface area contributed by atoms with Gasteiger partial charge in [0, 0.05) is 24.6 Å². The highest BCUT2D eigenvalue weighted by molar-refractivity contribution is 7.13. The minimum Gasteiger partial charge on any atom is -0.469 e. The van der Waals surface area contributed by atoms with Crippen molar-refractivity contribution < 1.29 is 14.3 Å². The molecule has 0 saturated carbocycles. The molecule has 0 atom stereocenters. The Kier molecular flexibility index (Phi) is 5.71. The minimum absolute atomic E-state index is 0.218. The van der Waals surface area contributed by atoms with Gasteiger partial charge in [-0.25, -0.2) is 4.98 Å². The number of benzene rings is 1. The molecule has 0 radical (unpaired) electrons. The molecule has 0 spiro atoms. The number of hydrogen-bond donors (Lipinski definition) is 1. The monoisotopic (exact) mass is 306 g/mol. The number of carbonyl (C=O) groups excluding carboxylic acids is 1. The highest BCUT2D eigenvalue weighted by atomic mass is 32.1. The SMILES string of the molecule is COCc1cccc(Nc2nc(CCC(=O)OC)cs2)c1. The van der Waals surface area contributed by atoms with Crippen molar-refractivity contribution in [3.63, 3.8) is 0 Å². The molecule has 0 aliphatic carbocycles. The van der Waals surface area contributed by atoms with E-state index in [-0.39, 0.29) is 5.97 Å². The van der Waals surface area contributed by atoms with Crippen molar-refractivity contribution in [2.45, 2.75) is 19.4 Å². The normalized spacial score (nSPS) is 10.4. The number of nitrogens with one attached hydrogen (secondary N) is 1. The summed E-state index contributed by atoms with van der Waals surface area (Å²) in [6.45, 7) is 0.581. The summed E-state index contributed by atoms with van der Waals surface area (Å²) in [5.74, 6) is -0.218. The van der Waals surface area contributed by atoms with Crippen LogP contribution in [0.3, 0.4) is 0 Å². The second-order valence-electron chi connectivity index (χ2n) is 4.48. The molecule has 21 heavy (non-hydrogen) atoms. The Morgan fingerprint density at radius 3 is 3.00 bits per heavy atom. The zero-order valence-corrected chi connectivity index (χ0v) is 12.9. The van der Waals surface area contributed by atoms with Gasteiger partial charge in [0.15, 0.2) is 5.13 Å². The van der Waals surface area contributed by atoms with Crippen molar-refractivity contribution in [1.29, 1.82) is 0 Å². The number of carbonyl (C=O) groups is 1. The molecular formula is C15H18N2O3S. The van der Waals surface area contributed by atoms with Crippen molar-refractivity contribution in [3.8, 4) is 0 Å². The van der Waals surface area contributed by atoms with Gasteiger partial charge < -0.3 is 14.8 Å². The number of rotatable bonds is 7. The van der Waals surface area contributed by atoms with Crippen LogP contribution < -0.4 is 5.32 Å². The van der Waals surface area contributed by atoms with Crippen LogP contribution in [0.1, 0.15) is 17.7 Å². The molecule has 1 aromatic heterocycles. The van der Waals surface area contributed by atoms with E-state index < -0.39 is 0 Å². The predicted octanol–water partition coefficient (Wildman–Crippen LogP) is 3.14. The average Bonchev–Trinajstić information content (AvgIpc) is 2.93. The molecule has 0 amide bonds. The van der Waals surface area contributed by atoms with Crippen LogP contribution in [0.4, 0.5) is 10.8 Å². The Bertz CT molecular complexity index is 598. The van der Waals surface area contributed by atoms with E-state index in [0.29, 0.717) is 19.4 Å². The smallest absolute Gasteiger partial charge is 0.305 e. The molecule has 0 aliphatic rings. The third kappa shape index (κ3) is 4.84. The first-order valence-corrected chi connectivity index (χ1v) is 7.45. The molecule has 1 aromatic carbocycles. The van der Waals surface area contributed by atoms with Gasteiger partial charge in [-0.1, -0.05) is 12.1 Å². The topological polar surface area (TPSA) is 60.5 Å². The van der Waals surface area contributed by atoms with Crippen molar-refractivity contribution >= 4 is 28.1 Å². The Morgan fingerprint density at radius 2 is 2.24 bits per heavy atom. The molecule has 112 valence electrons. The summed E-state index contributed by atoms with van der Waals surface area (Å²) in [5.41, 5.74) is 2.96. The first-order chi connectivity index (χ1) is 10.2. The Morgan fingerprint density at radius 1 is 1.38 bits per heavy atom. The largest absolute Gasteiger partial charge is 0.469 e. The van der Waals surface area contributed by atoms with E-state index in [1.807, 2.05) is 29.6 Å². The van der Waals surface area contributed by atoms with E-state index in [1.54, 1.807) is 7.11 Å². The molecule has 0 aliphatic heterocycles. The molecule has 2 rings (SSSR count). The fourth-order valence-corrected chi connectivity index (χ4v) is 2.61. The van der Waals surface area contributed by atoms with Crippen molar-refractivity contribution in [1.82, 2.24) is 4.98 Å². The lowest BCUT2D eigenvalue weighted by Crippen LogP contribution is -2.02. The minimum atomic E-state index is -0.218. The average molecular weight is 306 g/mol. The summed E-state index contributed by atoms with van der Waals surface area (Å²) >= 11 is 1.52. The van der Waals surface area contributed by atoms with Gasteiger partial charge >= 0.3 is 5.97 Å². The lowest BCUT2D eigenvalue weighted by molar-refractivity contribution is -0.140. The van der Waals surface area contributed by atoms with Gasteiger partial charge in [-0.05, 0) is 17.7 Å². The number of anilines is 2. The second kappa shape index (κ2) is 7.75. The van der Waals surface area contributed by atoms with Gasteiger partial charge in [0.05, 0.1) is 25.8 Å². The summed E-state index contributed by atoms with van der Waals surface area (Å²) in [6.07, 6.45) is 0.942. The number of esters is 1. The van der Waals surface area contributed by atoms with Gasteiger partial charge in [0.25, 0.3) is 0 Å². The zero-order valence-electron chi connectivity index (χ0n) is 12.1. The number of ether oxygens (including phenoxy) is 2. The van der Waals surface area contributed by atoms with Crippen LogP contribution >= 0.6 is 11.3 Å². The summed E-state index contributed by atoms with van der Waals surface area (Å²) in [7, 11) is 3.07. The molecule has 0 bridgehead atoms. The number of thiazole rings is 1. The highest BCUT2D eigenvalue weighted by Crippen LogP contribution is 2.22. The molecule has 0 fully saturated rings. The van der Waals surface area contributed by atoms with E-state index in [1.165, 1.54) is 18.4 Å². The lowest BCUT2D eigenvalue weighted by atomic mass is 10.2. The van der Waals surface area contributed by atoms with Gasteiger partial charge in [-0.3, -0.25) is 4.79 Å². The maximum atomic E-state index is 11.1. The molecule has 1 heterocycles. The summed E-state index contributed by atoms with van der Waals surface area (Å²) < 4.78 is 9.74. The Balaban J connectivity index is 1.95. The first kappa shape index (κ1) is 15.5. The van der Waals surface area contributed by atoms with Crippen LogP contribution in [0.25, 0.3) is 0 Å². The van der Waals surface area contributed by atoms with Crippen molar-refractivity contribution in [3.05, 3.63) is 40.9 Å². The number of methoxy groups -OCH3 is 2. The number of aryl methyl sites for hydroxylation is 1. The lowest BCUT2D eigenvalue weighted by Gasteiger charge is -2.05. The zero-order chi connectivity index (χ0) is 15.1. The molecular weight excluding hydrogens is 288 g/mol. The summed E-state index contributed by atoms with van der Waals surface area (Å²) in [4.78, 5) is 15.6. The van der Waals surface area contributed by atoms with Gasteiger partial charge in [0.1, 0.15) is 0 Å². The maximum Gasteiger partial charge on any atom is 0.305 e.